The van der Waals surface area contributed by atoms with Crippen LogP contribution in [0.5, 0.6) is 0 Å². The Labute approximate surface area is 83.7 Å². The van der Waals surface area contributed by atoms with Crippen LogP contribution in [0.3, 0.4) is 0 Å². The van der Waals surface area contributed by atoms with Crippen LogP contribution >= 0.6 is 23.1 Å². The van der Waals surface area contributed by atoms with Crippen LogP contribution in [0.4, 0.5) is 0 Å². The molecule has 7 heteroatoms. The van der Waals surface area contributed by atoms with E-state index in [1.807, 2.05) is 0 Å². The van der Waals surface area contributed by atoms with Crippen LogP contribution in [-0.4, -0.2) is 35.1 Å². The summed E-state index contributed by atoms with van der Waals surface area (Å²) in [6, 6.07) is -0.598. The number of ether oxygens (including phenoxy) is 1. The summed E-state index contributed by atoms with van der Waals surface area (Å²) in [4.78, 5) is 10.9. The van der Waals surface area contributed by atoms with Crippen LogP contribution in [0.25, 0.3) is 0 Å². The van der Waals surface area contributed by atoms with Gasteiger partial charge in [-0.1, -0.05) is 23.1 Å². The number of nitrogens with zero attached hydrogens (tertiary/aromatic N) is 2. The van der Waals surface area contributed by atoms with E-state index in [1.165, 1.54) is 30.2 Å². The van der Waals surface area contributed by atoms with Crippen LogP contribution in [0.15, 0.2) is 9.85 Å². The molecule has 0 saturated carbocycles. The zero-order chi connectivity index (χ0) is 9.68. The summed E-state index contributed by atoms with van der Waals surface area (Å²) in [7, 11) is 1.32. The monoisotopic (exact) mass is 219 g/mol. The molecule has 5 nitrogen and oxygen atoms in total. The third-order valence-electron chi connectivity index (χ3n) is 1.23. The van der Waals surface area contributed by atoms with Gasteiger partial charge in [0.05, 0.1) is 7.11 Å². The predicted molar refractivity (Wildman–Crippen MR) is 50.6 cm³/mol. The van der Waals surface area contributed by atoms with Gasteiger partial charge in [-0.2, -0.15) is 0 Å². The quantitative estimate of drug-likeness (QED) is 0.573. The Balaban J connectivity index is 2.30. The van der Waals surface area contributed by atoms with Crippen LogP contribution in [-0.2, 0) is 9.53 Å². The molecule has 0 aliphatic heterocycles. The van der Waals surface area contributed by atoms with Gasteiger partial charge in [0.25, 0.3) is 0 Å². The lowest BCUT2D eigenvalue weighted by molar-refractivity contribution is -0.141. The smallest absolute Gasteiger partial charge is 0.323 e. The number of esters is 1. The summed E-state index contributed by atoms with van der Waals surface area (Å²) in [5, 5.41) is 7.45. The van der Waals surface area contributed by atoms with Gasteiger partial charge in [-0.3, -0.25) is 4.79 Å². The molecule has 2 N–H and O–H groups in total. The molecular formula is C6H9N3O2S2. The van der Waals surface area contributed by atoms with Gasteiger partial charge in [-0.25, -0.2) is 0 Å². The van der Waals surface area contributed by atoms with E-state index in [9.17, 15) is 4.79 Å². The lowest BCUT2D eigenvalue weighted by atomic mass is 10.4. The molecule has 1 unspecified atom stereocenters. The first kappa shape index (κ1) is 10.4. The van der Waals surface area contributed by atoms with E-state index in [0.717, 1.165) is 4.34 Å². The molecule has 1 heterocycles. The Hall–Kier alpha value is -0.660. The highest BCUT2D eigenvalue weighted by Crippen LogP contribution is 2.19. The maximum atomic E-state index is 10.9. The molecule has 1 atom stereocenters. The van der Waals surface area contributed by atoms with Gasteiger partial charge in [0.1, 0.15) is 11.6 Å². The fraction of sp³-hybridized carbons (Fsp3) is 0.500. The minimum atomic E-state index is -0.598. The number of carbonyl (C=O) groups excluding carboxylic acids is 1. The van der Waals surface area contributed by atoms with Crippen molar-refractivity contribution in [2.45, 2.75) is 10.4 Å². The topological polar surface area (TPSA) is 78.1 Å². The van der Waals surface area contributed by atoms with Crippen molar-refractivity contribution in [1.82, 2.24) is 10.2 Å². The summed E-state index contributed by atoms with van der Waals surface area (Å²) in [6.07, 6.45) is 0. The molecule has 0 amide bonds. The van der Waals surface area contributed by atoms with E-state index < -0.39 is 12.0 Å². The average Bonchev–Trinajstić information content (AvgIpc) is 2.65. The fourth-order valence-electron chi connectivity index (χ4n) is 0.606. The summed E-state index contributed by atoms with van der Waals surface area (Å²) in [5.41, 5.74) is 7.14. The van der Waals surface area contributed by atoms with Crippen molar-refractivity contribution in [3.05, 3.63) is 5.51 Å². The molecule has 0 aliphatic carbocycles. The molecule has 0 radical (unpaired) electrons. The van der Waals surface area contributed by atoms with Gasteiger partial charge in [0.15, 0.2) is 4.34 Å². The van der Waals surface area contributed by atoms with Crippen LogP contribution < -0.4 is 5.73 Å². The molecule has 0 aromatic carbocycles. The molecule has 72 valence electrons. The standard InChI is InChI=1S/C6H9N3O2S2/c1-11-5(10)4(7)2-12-6-9-8-3-13-6/h3-4H,2,7H2,1H3. The number of thioether (sulfide) groups is 1. The van der Waals surface area contributed by atoms with Crippen LogP contribution in [0.2, 0.25) is 0 Å². The number of aromatic nitrogens is 2. The molecule has 1 aromatic rings. The summed E-state index contributed by atoms with van der Waals surface area (Å²) < 4.78 is 5.28. The zero-order valence-corrected chi connectivity index (χ0v) is 8.60. The molecular weight excluding hydrogens is 210 g/mol. The molecule has 1 aromatic heterocycles. The van der Waals surface area contributed by atoms with Crippen molar-refractivity contribution < 1.29 is 9.53 Å². The first-order chi connectivity index (χ1) is 6.24. The first-order valence-electron chi connectivity index (χ1n) is 3.46. The lowest BCUT2D eigenvalue weighted by Crippen LogP contribution is -2.33. The number of carbonyl (C=O) groups is 1. The Morgan fingerprint density at radius 3 is 3.23 bits per heavy atom. The highest BCUT2D eigenvalue weighted by molar-refractivity contribution is 8.01. The SMILES string of the molecule is COC(=O)C(N)CSc1nncs1. The van der Waals surface area contributed by atoms with Crippen LogP contribution in [0.1, 0.15) is 0 Å². The van der Waals surface area contributed by atoms with Gasteiger partial charge in [0.2, 0.25) is 0 Å². The maximum absolute atomic E-state index is 10.9. The largest absolute Gasteiger partial charge is 0.468 e. The van der Waals surface area contributed by atoms with Crippen molar-refractivity contribution >= 4 is 29.1 Å². The van der Waals surface area contributed by atoms with Gasteiger partial charge in [-0.05, 0) is 0 Å². The van der Waals surface area contributed by atoms with Gasteiger partial charge >= 0.3 is 5.97 Å². The minimum Gasteiger partial charge on any atom is -0.468 e. The highest BCUT2D eigenvalue weighted by Gasteiger charge is 2.14. The van der Waals surface area contributed by atoms with Crippen molar-refractivity contribution in [3.63, 3.8) is 0 Å². The average molecular weight is 219 g/mol. The lowest BCUT2D eigenvalue weighted by Gasteiger charge is -2.06. The van der Waals surface area contributed by atoms with Crippen molar-refractivity contribution in [2.24, 2.45) is 5.73 Å². The zero-order valence-electron chi connectivity index (χ0n) is 6.97. The molecule has 0 spiro atoms. The predicted octanol–water partition coefficient (Wildman–Crippen LogP) is 0.130. The summed E-state index contributed by atoms with van der Waals surface area (Å²) >= 11 is 2.82. The van der Waals surface area contributed by atoms with E-state index in [-0.39, 0.29) is 0 Å². The molecule has 0 aliphatic rings. The van der Waals surface area contributed by atoms with Crippen molar-refractivity contribution in [2.75, 3.05) is 12.9 Å². The summed E-state index contributed by atoms with van der Waals surface area (Å²) in [6.45, 7) is 0. The fourth-order valence-corrected chi connectivity index (χ4v) is 2.05. The van der Waals surface area contributed by atoms with E-state index in [2.05, 4.69) is 14.9 Å². The van der Waals surface area contributed by atoms with E-state index >= 15 is 0 Å². The third-order valence-corrected chi connectivity index (χ3v) is 3.21. The molecule has 0 fully saturated rings. The minimum absolute atomic E-state index is 0.406. The Bertz CT molecular complexity index is 265. The van der Waals surface area contributed by atoms with Crippen LogP contribution in [0, 0.1) is 0 Å². The molecule has 1 rings (SSSR count). The number of rotatable bonds is 4. The second-order valence-electron chi connectivity index (χ2n) is 2.15. The second-order valence-corrected chi connectivity index (χ2v) is 4.25. The third kappa shape index (κ3) is 3.29. The second kappa shape index (κ2) is 5.15. The van der Waals surface area contributed by atoms with E-state index in [0.29, 0.717) is 5.75 Å². The van der Waals surface area contributed by atoms with E-state index in [4.69, 9.17) is 5.73 Å². The molecule has 13 heavy (non-hydrogen) atoms. The highest BCUT2D eigenvalue weighted by atomic mass is 32.2. The van der Waals surface area contributed by atoms with Gasteiger partial charge in [0, 0.05) is 5.75 Å². The Kier molecular flexibility index (Phi) is 4.13. The number of methoxy groups -OCH3 is 1. The van der Waals surface area contributed by atoms with E-state index in [1.54, 1.807) is 5.51 Å². The maximum Gasteiger partial charge on any atom is 0.323 e. The van der Waals surface area contributed by atoms with Gasteiger partial charge < -0.3 is 10.5 Å². The number of hydrogen-bond donors (Lipinski definition) is 1. The summed E-state index contributed by atoms with van der Waals surface area (Å²) in [5.74, 6) is 0.0546. The molecule has 0 saturated heterocycles. The number of nitrogens with two attached hydrogens (primary N) is 1. The molecule has 0 bridgehead atoms. The van der Waals surface area contributed by atoms with Crippen molar-refractivity contribution in [1.29, 1.82) is 0 Å². The Morgan fingerprint density at radius 1 is 1.92 bits per heavy atom. The van der Waals surface area contributed by atoms with Gasteiger partial charge in [-0.15, -0.1) is 10.2 Å². The first-order valence-corrected chi connectivity index (χ1v) is 5.33. The van der Waals surface area contributed by atoms with Crippen molar-refractivity contribution in [3.8, 4) is 0 Å². The number of hydrogen-bond acceptors (Lipinski definition) is 7. The Morgan fingerprint density at radius 2 is 2.69 bits per heavy atom. The normalized spacial score (nSPS) is 12.5.